The Morgan fingerprint density at radius 3 is 2.81 bits per heavy atom. The van der Waals surface area contributed by atoms with E-state index in [1.807, 2.05) is 6.92 Å². The predicted molar refractivity (Wildman–Crippen MR) is 62.1 cm³/mol. The Balaban J connectivity index is 1.82. The average molecular weight is 226 g/mol. The van der Waals surface area contributed by atoms with E-state index in [-0.39, 0.29) is 24.0 Å². The molecule has 1 amide bonds. The van der Waals surface area contributed by atoms with Gasteiger partial charge in [0.2, 0.25) is 5.91 Å². The lowest BCUT2D eigenvalue weighted by molar-refractivity contribution is -0.127. The zero-order valence-corrected chi connectivity index (χ0v) is 10.2. The highest BCUT2D eigenvalue weighted by Gasteiger charge is 2.30. The van der Waals surface area contributed by atoms with Crippen LogP contribution in [0.25, 0.3) is 0 Å². The third kappa shape index (κ3) is 2.74. The first kappa shape index (κ1) is 11.9. The molecule has 0 aromatic carbocycles. The van der Waals surface area contributed by atoms with Gasteiger partial charge in [-0.05, 0) is 32.2 Å². The standard InChI is InChI=1S/C12H22N2O2/c1-8-5-10(7-13-6-8)12(15)14-11-3-4-16-9(11)2/h8-11,13H,3-7H2,1-2H3,(H,14,15). The van der Waals surface area contributed by atoms with Crippen LogP contribution in [0.4, 0.5) is 0 Å². The summed E-state index contributed by atoms with van der Waals surface area (Å²) in [5, 5.41) is 6.42. The van der Waals surface area contributed by atoms with Gasteiger partial charge in [-0.1, -0.05) is 6.92 Å². The van der Waals surface area contributed by atoms with E-state index in [0.717, 1.165) is 32.5 Å². The van der Waals surface area contributed by atoms with Crippen LogP contribution in [0.3, 0.4) is 0 Å². The highest BCUT2D eigenvalue weighted by Crippen LogP contribution is 2.18. The van der Waals surface area contributed by atoms with Crippen molar-refractivity contribution >= 4 is 5.91 Å². The third-order valence-corrected chi connectivity index (χ3v) is 3.65. The zero-order chi connectivity index (χ0) is 11.5. The second-order valence-electron chi connectivity index (χ2n) is 5.18. The number of amides is 1. The Hall–Kier alpha value is -0.610. The summed E-state index contributed by atoms with van der Waals surface area (Å²) < 4.78 is 5.44. The number of hydrogen-bond acceptors (Lipinski definition) is 3. The lowest BCUT2D eigenvalue weighted by atomic mass is 9.91. The first-order valence-electron chi connectivity index (χ1n) is 6.29. The summed E-state index contributed by atoms with van der Waals surface area (Å²) in [5.41, 5.74) is 0. The maximum atomic E-state index is 12.0. The highest BCUT2D eigenvalue weighted by atomic mass is 16.5. The molecule has 4 atom stereocenters. The van der Waals surface area contributed by atoms with Crippen LogP contribution < -0.4 is 10.6 Å². The smallest absolute Gasteiger partial charge is 0.224 e. The molecule has 0 aromatic heterocycles. The van der Waals surface area contributed by atoms with Gasteiger partial charge in [0.25, 0.3) is 0 Å². The molecule has 0 saturated carbocycles. The summed E-state index contributed by atoms with van der Waals surface area (Å²) >= 11 is 0. The van der Waals surface area contributed by atoms with Crippen LogP contribution in [-0.2, 0) is 9.53 Å². The minimum atomic E-state index is 0.136. The first-order chi connectivity index (χ1) is 7.66. The number of ether oxygens (including phenoxy) is 1. The Kier molecular flexibility index (Phi) is 3.82. The van der Waals surface area contributed by atoms with Crippen molar-refractivity contribution in [1.82, 2.24) is 10.6 Å². The molecular weight excluding hydrogens is 204 g/mol. The molecule has 2 rings (SSSR count). The first-order valence-corrected chi connectivity index (χ1v) is 6.29. The van der Waals surface area contributed by atoms with E-state index in [0.29, 0.717) is 5.92 Å². The topological polar surface area (TPSA) is 50.4 Å². The molecule has 92 valence electrons. The Labute approximate surface area is 97.1 Å². The van der Waals surface area contributed by atoms with Gasteiger partial charge in [-0.2, -0.15) is 0 Å². The molecule has 4 heteroatoms. The molecule has 2 saturated heterocycles. The van der Waals surface area contributed by atoms with Crippen molar-refractivity contribution < 1.29 is 9.53 Å². The second-order valence-corrected chi connectivity index (χ2v) is 5.18. The van der Waals surface area contributed by atoms with Crippen LogP contribution in [0, 0.1) is 11.8 Å². The van der Waals surface area contributed by atoms with Crippen molar-refractivity contribution in [2.75, 3.05) is 19.7 Å². The van der Waals surface area contributed by atoms with Crippen molar-refractivity contribution in [3.63, 3.8) is 0 Å². The number of carbonyl (C=O) groups is 1. The van der Waals surface area contributed by atoms with E-state index < -0.39 is 0 Å². The quantitative estimate of drug-likeness (QED) is 0.722. The fourth-order valence-electron chi connectivity index (χ4n) is 2.58. The molecule has 2 heterocycles. The maximum Gasteiger partial charge on any atom is 0.224 e. The molecule has 2 fully saturated rings. The molecular formula is C12H22N2O2. The van der Waals surface area contributed by atoms with Gasteiger partial charge in [0.15, 0.2) is 0 Å². The molecule has 0 aromatic rings. The van der Waals surface area contributed by atoms with E-state index in [1.165, 1.54) is 0 Å². The third-order valence-electron chi connectivity index (χ3n) is 3.65. The number of piperidine rings is 1. The van der Waals surface area contributed by atoms with Crippen molar-refractivity contribution in [2.45, 2.75) is 38.8 Å². The van der Waals surface area contributed by atoms with E-state index in [2.05, 4.69) is 17.6 Å². The van der Waals surface area contributed by atoms with Gasteiger partial charge in [-0.25, -0.2) is 0 Å². The number of nitrogens with one attached hydrogen (secondary N) is 2. The van der Waals surface area contributed by atoms with Gasteiger partial charge in [0.05, 0.1) is 18.1 Å². The van der Waals surface area contributed by atoms with Crippen LogP contribution in [-0.4, -0.2) is 37.7 Å². The average Bonchev–Trinajstić information content (AvgIpc) is 2.64. The Morgan fingerprint density at radius 2 is 2.19 bits per heavy atom. The fourth-order valence-corrected chi connectivity index (χ4v) is 2.58. The summed E-state index contributed by atoms with van der Waals surface area (Å²) in [6.07, 6.45) is 2.11. The molecule has 16 heavy (non-hydrogen) atoms. The number of carbonyl (C=O) groups excluding carboxylic acids is 1. The number of rotatable bonds is 2. The van der Waals surface area contributed by atoms with Gasteiger partial charge >= 0.3 is 0 Å². The van der Waals surface area contributed by atoms with Crippen molar-refractivity contribution in [2.24, 2.45) is 11.8 Å². The normalized spacial score (nSPS) is 39.6. The van der Waals surface area contributed by atoms with Crippen LogP contribution in [0.5, 0.6) is 0 Å². The maximum absolute atomic E-state index is 12.0. The summed E-state index contributed by atoms with van der Waals surface area (Å²) in [6, 6.07) is 0.213. The summed E-state index contributed by atoms with van der Waals surface area (Å²) in [7, 11) is 0. The lowest BCUT2D eigenvalue weighted by Crippen LogP contribution is -2.47. The minimum absolute atomic E-state index is 0.136. The molecule has 2 N–H and O–H groups in total. The van der Waals surface area contributed by atoms with Crippen molar-refractivity contribution in [3.05, 3.63) is 0 Å². The highest BCUT2D eigenvalue weighted by molar-refractivity contribution is 5.79. The summed E-state index contributed by atoms with van der Waals surface area (Å²) in [4.78, 5) is 12.0. The molecule has 0 spiro atoms. The minimum Gasteiger partial charge on any atom is -0.376 e. The van der Waals surface area contributed by atoms with Gasteiger partial charge in [0.1, 0.15) is 0 Å². The number of hydrogen-bond donors (Lipinski definition) is 2. The summed E-state index contributed by atoms with van der Waals surface area (Å²) in [5.74, 6) is 0.930. The van der Waals surface area contributed by atoms with Crippen LogP contribution in [0.2, 0.25) is 0 Å². The second kappa shape index (κ2) is 5.15. The van der Waals surface area contributed by atoms with E-state index in [1.54, 1.807) is 0 Å². The van der Waals surface area contributed by atoms with Crippen molar-refractivity contribution in [3.8, 4) is 0 Å². The molecule has 0 radical (unpaired) electrons. The van der Waals surface area contributed by atoms with Crippen LogP contribution in [0.15, 0.2) is 0 Å². The Morgan fingerprint density at radius 1 is 1.38 bits per heavy atom. The van der Waals surface area contributed by atoms with Crippen LogP contribution >= 0.6 is 0 Å². The molecule has 4 nitrogen and oxygen atoms in total. The molecule has 2 aliphatic heterocycles. The molecule has 2 aliphatic rings. The van der Waals surface area contributed by atoms with Crippen molar-refractivity contribution in [1.29, 1.82) is 0 Å². The van der Waals surface area contributed by atoms with Crippen LogP contribution in [0.1, 0.15) is 26.7 Å². The zero-order valence-electron chi connectivity index (χ0n) is 10.2. The van der Waals surface area contributed by atoms with E-state index >= 15 is 0 Å². The van der Waals surface area contributed by atoms with E-state index in [9.17, 15) is 4.79 Å². The van der Waals surface area contributed by atoms with E-state index in [4.69, 9.17) is 4.74 Å². The van der Waals surface area contributed by atoms with Gasteiger partial charge in [-0.3, -0.25) is 4.79 Å². The molecule has 4 unspecified atom stereocenters. The Bertz CT molecular complexity index is 257. The lowest BCUT2D eigenvalue weighted by Gasteiger charge is -2.28. The van der Waals surface area contributed by atoms with Gasteiger partial charge in [0, 0.05) is 13.2 Å². The van der Waals surface area contributed by atoms with Gasteiger partial charge < -0.3 is 15.4 Å². The molecule has 0 aliphatic carbocycles. The molecule has 0 bridgehead atoms. The predicted octanol–water partition coefficient (Wildman–Crippen LogP) is 0.526. The summed E-state index contributed by atoms with van der Waals surface area (Å²) in [6.45, 7) is 6.84. The van der Waals surface area contributed by atoms with Gasteiger partial charge in [-0.15, -0.1) is 0 Å². The largest absolute Gasteiger partial charge is 0.376 e. The fraction of sp³-hybridized carbons (Fsp3) is 0.917. The SMILES string of the molecule is CC1CNCC(C(=O)NC2CCOC2C)C1. The monoisotopic (exact) mass is 226 g/mol.